The van der Waals surface area contributed by atoms with Gasteiger partial charge in [0.25, 0.3) is 0 Å². The lowest BCUT2D eigenvalue weighted by molar-refractivity contribution is 0.0697. The van der Waals surface area contributed by atoms with Gasteiger partial charge in [0.1, 0.15) is 5.75 Å². The number of ether oxygens (including phenoxy) is 3. The van der Waals surface area contributed by atoms with Crippen LogP contribution in [0.4, 0.5) is 5.69 Å². The Morgan fingerprint density at radius 3 is 2.06 bits per heavy atom. The van der Waals surface area contributed by atoms with Crippen molar-refractivity contribution in [2.45, 2.75) is 13.1 Å². The highest BCUT2D eigenvalue weighted by Crippen LogP contribution is 2.29. The number of carboxylic acids is 1. The summed E-state index contributed by atoms with van der Waals surface area (Å²) in [6, 6.07) is 17.7. The van der Waals surface area contributed by atoms with Crippen LogP contribution in [-0.2, 0) is 13.1 Å². The average Bonchev–Trinajstić information content (AvgIpc) is 2.84. The van der Waals surface area contributed by atoms with Crippen molar-refractivity contribution >= 4 is 40.6 Å². The van der Waals surface area contributed by atoms with E-state index >= 15 is 0 Å². The highest BCUT2D eigenvalue weighted by atomic mass is 35.5. The van der Waals surface area contributed by atoms with Gasteiger partial charge in [-0.05, 0) is 65.8 Å². The minimum Gasteiger partial charge on any atom is -0.495 e. The number of halogens is 1. The van der Waals surface area contributed by atoms with Gasteiger partial charge in [0.2, 0.25) is 0 Å². The average molecular weight is 501 g/mol. The van der Waals surface area contributed by atoms with Crippen molar-refractivity contribution < 1.29 is 24.1 Å². The lowest BCUT2D eigenvalue weighted by Gasteiger charge is -2.27. The number of aromatic carboxylic acids is 1. The molecule has 3 aromatic carbocycles. The normalized spacial score (nSPS) is 10.4. The van der Waals surface area contributed by atoms with Crippen LogP contribution in [0.3, 0.4) is 0 Å². The summed E-state index contributed by atoms with van der Waals surface area (Å²) in [7, 11) is 4.73. The lowest BCUT2D eigenvalue weighted by atomic mass is 10.1. The quantitative estimate of drug-likeness (QED) is 0.375. The number of nitrogens with zero attached hydrogens (tertiary/aromatic N) is 1. The molecule has 0 bridgehead atoms. The number of carboxylic acid groups (broad SMARTS) is 1. The van der Waals surface area contributed by atoms with Crippen LogP contribution in [0.2, 0.25) is 5.02 Å². The zero-order valence-corrected chi connectivity index (χ0v) is 20.6. The fraction of sp³-hybridized carbons (Fsp3) is 0.200. The minimum absolute atomic E-state index is 0.226. The van der Waals surface area contributed by atoms with Crippen molar-refractivity contribution in [3.63, 3.8) is 0 Å². The van der Waals surface area contributed by atoms with E-state index in [1.54, 1.807) is 57.7 Å². The SMILES string of the molecule is COc1ccc(NC(=S)N(Cc2ccc(C(=O)O)cc2)Cc2ccc(OC)c(OC)c2)cc1Cl. The summed E-state index contributed by atoms with van der Waals surface area (Å²) in [4.78, 5) is 13.2. The van der Waals surface area contributed by atoms with Crippen LogP contribution in [0.25, 0.3) is 0 Å². The van der Waals surface area contributed by atoms with Crippen molar-refractivity contribution in [1.29, 1.82) is 0 Å². The van der Waals surface area contributed by atoms with Crippen LogP contribution in [0.5, 0.6) is 17.2 Å². The maximum Gasteiger partial charge on any atom is 0.335 e. The van der Waals surface area contributed by atoms with E-state index < -0.39 is 5.97 Å². The number of rotatable bonds is 9. The van der Waals surface area contributed by atoms with Crippen LogP contribution in [-0.4, -0.2) is 42.4 Å². The first kappa shape index (κ1) is 25.1. The summed E-state index contributed by atoms with van der Waals surface area (Å²) >= 11 is 12.0. The highest BCUT2D eigenvalue weighted by molar-refractivity contribution is 7.80. The fourth-order valence-electron chi connectivity index (χ4n) is 3.32. The zero-order valence-electron chi connectivity index (χ0n) is 19.0. The van der Waals surface area contributed by atoms with Gasteiger partial charge in [-0.3, -0.25) is 0 Å². The number of nitrogens with one attached hydrogen (secondary N) is 1. The number of hydrogen-bond donors (Lipinski definition) is 2. The van der Waals surface area contributed by atoms with Crippen LogP contribution in [0, 0.1) is 0 Å². The Hall–Kier alpha value is -3.49. The van der Waals surface area contributed by atoms with Gasteiger partial charge in [0.05, 0.1) is 31.9 Å². The van der Waals surface area contributed by atoms with E-state index in [-0.39, 0.29) is 5.56 Å². The van der Waals surface area contributed by atoms with E-state index in [4.69, 9.17) is 38.0 Å². The molecule has 3 rings (SSSR count). The Morgan fingerprint density at radius 2 is 1.47 bits per heavy atom. The monoisotopic (exact) mass is 500 g/mol. The Morgan fingerprint density at radius 1 is 0.882 bits per heavy atom. The van der Waals surface area contributed by atoms with Gasteiger partial charge in [-0.15, -0.1) is 0 Å². The first-order valence-corrected chi connectivity index (χ1v) is 11.1. The van der Waals surface area contributed by atoms with Crippen LogP contribution in [0.1, 0.15) is 21.5 Å². The predicted molar refractivity (Wildman–Crippen MR) is 136 cm³/mol. The lowest BCUT2D eigenvalue weighted by Crippen LogP contribution is -2.33. The van der Waals surface area contributed by atoms with E-state index in [2.05, 4.69) is 5.32 Å². The molecule has 0 aliphatic rings. The molecule has 0 aliphatic heterocycles. The molecule has 0 amide bonds. The molecule has 0 spiro atoms. The van der Waals surface area contributed by atoms with E-state index in [1.165, 1.54) is 0 Å². The molecule has 7 nitrogen and oxygen atoms in total. The summed E-state index contributed by atoms with van der Waals surface area (Å²) < 4.78 is 16.0. The molecule has 0 atom stereocenters. The third-order valence-electron chi connectivity index (χ3n) is 5.09. The molecule has 0 unspecified atom stereocenters. The van der Waals surface area contributed by atoms with Crippen molar-refractivity contribution in [3.8, 4) is 17.2 Å². The topological polar surface area (TPSA) is 80.3 Å². The minimum atomic E-state index is -0.970. The van der Waals surface area contributed by atoms with E-state index in [0.717, 1.165) is 11.1 Å². The van der Waals surface area contributed by atoms with Crippen LogP contribution in [0.15, 0.2) is 60.7 Å². The largest absolute Gasteiger partial charge is 0.495 e. The standard InChI is InChI=1S/C25H25ClN2O5S/c1-31-21-11-9-19(13-20(21)26)27-25(34)28(14-16-4-7-18(8-5-16)24(29)30)15-17-6-10-22(32-2)23(12-17)33-3/h4-13H,14-15H2,1-3H3,(H,27,34)(H,29,30). The molecule has 34 heavy (non-hydrogen) atoms. The van der Waals surface area contributed by atoms with Gasteiger partial charge in [-0.25, -0.2) is 4.79 Å². The van der Waals surface area contributed by atoms with Crippen molar-refractivity contribution in [2.24, 2.45) is 0 Å². The second-order valence-corrected chi connectivity index (χ2v) is 8.12. The summed E-state index contributed by atoms with van der Waals surface area (Å²) in [6.45, 7) is 0.917. The van der Waals surface area contributed by atoms with Crippen molar-refractivity contribution in [1.82, 2.24) is 4.90 Å². The predicted octanol–water partition coefficient (Wildman–Crippen LogP) is 5.46. The number of methoxy groups -OCH3 is 3. The second kappa shape index (κ2) is 11.6. The summed E-state index contributed by atoms with van der Waals surface area (Å²) in [5.74, 6) is 0.850. The molecule has 0 radical (unpaired) electrons. The molecule has 0 heterocycles. The third kappa shape index (κ3) is 6.30. The molecule has 3 aromatic rings. The molecule has 0 saturated carbocycles. The maximum absolute atomic E-state index is 11.2. The molecule has 178 valence electrons. The summed E-state index contributed by atoms with van der Waals surface area (Å²) in [5, 5.41) is 13.3. The summed E-state index contributed by atoms with van der Waals surface area (Å²) in [6.07, 6.45) is 0. The number of benzene rings is 3. The smallest absolute Gasteiger partial charge is 0.335 e. The van der Waals surface area contributed by atoms with E-state index in [0.29, 0.717) is 46.2 Å². The zero-order chi connectivity index (χ0) is 24.7. The van der Waals surface area contributed by atoms with Crippen molar-refractivity contribution in [2.75, 3.05) is 26.6 Å². The first-order valence-electron chi connectivity index (χ1n) is 10.3. The fourth-order valence-corrected chi connectivity index (χ4v) is 3.82. The Kier molecular flexibility index (Phi) is 8.56. The number of thiocarbonyl (C=S) groups is 1. The third-order valence-corrected chi connectivity index (χ3v) is 5.74. The van der Waals surface area contributed by atoms with Gasteiger partial charge in [-0.2, -0.15) is 0 Å². The molecular formula is C25H25ClN2O5S. The molecule has 0 saturated heterocycles. The Bertz CT molecular complexity index is 1170. The van der Waals surface area contributed by atoms with Gasteiger partial charge in [-0.1, -0.05) is 29.8 Å². The molecule has 0 aliphatic carbocycles. The molecule has 2 N–H and O–H groups in total. The highest BCUT2D eigenvalue weighted by Gasteiger charge is 2.15. The van der Waals surface area contributed by atoms with Gasteiger partial charge in [0, 0.05) is 18.8 Å². The number of carbonyl (C=O) groups is 1. The van der Waals surface area contributed by atoms with Gasteiger partial charge >= 0.3 is 5.97 Å². The van der Waals surface area contributed by atoms with Crippen molar-refractivity contribution in [3.05, 3.63) is 82.4 Å². The Labute approximate surface area is 208 Å². The molecule has 0 aromatic heterocycles. The number of hydrogen-bond acceptors (Lipinski definition) is 5. The summed E-state index contributed by atoms with van der Waals surface area (Å²) in [5.41, 5.74) is 2.80. The molecular weight excluding hydrogens is 476 g/mol. The first-order chi connectivity index (χ1) is 16.3. The second-order valence-electron chi connectivity index (χ2n) is 7.33. The van der Waals surface area contributed by atoms with Crippen LogP contribution >= 0.6 is 23.8 Å². The maximum atomic E-state index is 11.2. The Balaban J connectivity index is 1.86. The molecule has 0 fully saturated rings. The number of anilines is 1. The van der Waals surface area contributed by atoms with Gasteiger partial charge in [0.15, 0.2) is 16.6 Å². The molecule has 9 heteroatoms. The van der Waals surface area contributed by atoms with E-state index in [1.807, 2.05) is 29.2 Å². The van der Waals surface area contributed by atoms with Crippen LogP contribution < -0.4 is 19.5 Å². The van der Waals surface area contributed by atoms with Gasteiger partial charge < -0.3 is 29.5 Å². The van der Waals surface area contributed by atoms with E-state index in [9.17, 15) is 9.90 Å².